The van der Waals surface area contributed by atoms with Crippen LogP contribution in [-0.2, 0) is 24.8 Å². The average molecular weight is 636 g/mol. The number of carbonyl (C=O) groups is 1. The Hall–Kier alpha value is -3.66. The molecule has 10 nitrogen and oxygen atoms in total. The highest BCUT2D eigenvalue weighted by atomic mass is 32.2. The number of rotatable bonds is 6. The standard InChI is InChI=1S/C32H37N5O5S2/c1-23-9-11-26(12-10-23)44(41,42)37-30(24-15-19-35(20-16-24)43(3,39)40)21-27-29(14-13-28(33-2)32(27)37)34-17-6-7-25(22-34)36-18-5-4-8-31(36)38/h9-15,21,25H,4-8,16-20,22H2,1,3H3/t25-/m1/s1. The topological polar surface area (TPSA) is 104 Å². The van der Waals surface area contributed by atoms with Crippen LogP contribution in [-0.4, -0.2) is 80.9 Å². The van der Waals surface area contributed by atoms with Crippen LogP contribution in [0.1, 0.15) is 49.8 Å². The molecule has 0 aliphatic carbocycles. The van der Waals surface area contributed by atoms with Crippen LogP contribution in [0, 0.1) is 13.5 Å². The van der Waals surface area contributed by atoms with E-state index >= 15 is 0 Å². The van der Waals surface area contributed by atoms with Crippen molar-refractivity contribution in [2.45, 2.75) is 56.4 Å². The van der Waals surface area contributed by atoms with Crippen LogP contribution in [0.5, 0.6) is 0 Å². The van der Waals surface area contributed by atoms with Crippen LogP contribution in [0.2, 0.25) is 0 Å². The summed E-state index contributed by atoms with van der Waals surface area (Å²) < 4.78 is 55.9. The van der Waals surface area contributed by atoms with Gasteiger partial charge in [0.2, 0.25) is 21.6 Å². The predicted molar refractivity (Wildman–Crippen MR) is 172 cm³/mol. The molecule has 1 amide bonds. The highest BCUT2D eigenvalue weighted by molar-refractivity contribution is 7.90. The van der Waals surface area contributed by atoms with E-state index in [0.29, 0.717) is 41.6 Å². The molecule has 1 atom stereocenters. The second-order valence-corrected chi connectivity index (χ2v) is 15.7. The molecule has 2 fully saturated rings. The molecule has 0 spiro atoms. The Balaban J connectivity index is 1.52. The van der Waals surface area contributed by atoms with Crippen molar-refractivity contribution in [3.05, 3.63) is 71.2 Å². The second kappa shape index (κ2) is 11.7. The van der Waals surface area contributed by atoms with E-state index in [-0.39, 0.29) is 35.6 Å². The summed E-state index contributed by atoms with van der Waals surface area (Å²) in [5, 5.41) is 0.654. The molecule has 0 bridgehead atoms. The van der Waals surface area contributed by atoms with Gasteiger partial charge in [0.15, 0.2) is 0 Å². The molecule has 0 N–H and O–H groups in total. The van der Waals surface area contributed by atoms with E-state index in [1.165, 1.54) is 14.5 Å². The zero-order chi connectivity index (χ0) is 31.2. The minimum absolute atomic E-state index is 0.0769. The molecule has 3 aromatic rings. The van der Waals surface area contributed by atoms with E-state index in [1.54, 1.807) is 36.4 Å². The first-order valence-electron chi connectivity index (χ1n) is 15.1. The zero-order valence-corrected chi connectivity index (χ0v) is 26.7. The van der Waals surface area contributed by atoms with E-state index in [1.807, 2.05) is 24.0 Å². The molecular formula is C32H37N5O5S2. The van der Waals surface area contributed by atoms with E-state index in [2.05, 4.69) is 9.74 Å². The summed E-state index contributed by atoms with van der Waals surface area (Å²) in [4.78, 5) is 20.9. The van der Waals surface area contributed by atoms with Crippen molar-refractivity contribution in [3.63, 3.8) is 0 Å². The number of sulfonamides is 1. The summed E-state index contributed by atoms with van der Waals surface area (Å²) in [6.45, 7) is 12.4. The van der Waals surface area contributed by atoms with Crippen molar-refractivity contribution >= 4 is 53.8 Å². The third-order valence-electron chi connectivity index (χ3n) is 9.06. The number of aryl methyl sites for hydroxylation is 1. The van der Waals surface area contributed by atoms with Gasteiger partial charge in [-0.1, -0.05) is 29.8 Å². The third kappa shape index (κ3) is 5.53. The van der Waals surface area contributed by atoms with Crippen molar-refractivity contribution in [3.8, 4) is 0 Å². The number of anilines is 1. The summed E-state index contributed by atoms with van der Waals surface area (Å²) in [7, 11) is -7.55. The fourth-order valence-corrected chi connectivity index (χ4v) is 9.06. The monoisotopic (exact) mass is 635 g/mol. The normalized spacial score (nSPS) is 20.5. The van der Waals surface area contributed by atoms with Crippen molar-refractivity contribution in [2.75, 3.05) is 43.9 Å². The highest BCUT2D eigenvalue weighted by Gasteiger charge is 2.33. The van der Waals surface area contributed by atoms with Crippen molar-refractivity contribution in [1.29, 1.82) is 0 Å². The van der Waals surface area contributed by atoms with Crippen LogP contribution in [0.25, 0.3) is 21.3 Å². The van der Waals surface area contributed by atoms with E-state index in [4.69, 9.17) is 6.57 Å². The lowest BCUT2D eigenvalue weighted by Crippen LogP contribution is -2.51. The van der Waals surface area contributed by atoms with Gasteiger partial charge >= 0.3 is 0 Å². The summed E-state index contributed by atoms with van der Waals surface area (Å²) in [6.07, 6.45) is 7.59. The van der Waals surface area contributed by atoms with E-state index in [9.17, 15) is 21.6 Å². The average Bonchev–Trinajstić information content (AvgIpc) is 3.43. The molecular weight excluding hydrogens is 599 g/mol. The summed E-state index contributed by atoms with van der Waals surface area (Å²) in [6, 6.07) is 12.2. The van der Waals surface area contributed by atoms with E-state index in [0.717, 1.165) is 50.0 Å². The lowest BCUT2D eigenvalue weighted by Gasteiger charge is -2.42. The minimum atomic E-state index is -4.15. The van der Waals surface area contributed by atoms with Gasteiger partial charge in [0, 0.05) is 56.3 Å². The fraction of sp³-hybridized carbons (Fsp3) is 0.438. The van der Waals surface area contributed by atoms with Gasteiger partial charge in [0.25, 0.3) is 10.0 Å². The molecule has 12 heteroatoms. The molecule has 3 aliphatic heterocycles. The quantitative estimate of drug-likeness (QED) is 0.362. The smallest absolute Gasteiger partial charge is 0.267 e. The number of likely N-dealkylation sites (tertiary alicyclic amines) is 1. The Bertz CT molecular complexity index is 1910. The number of nitrogens with zero attached hydrogens (tertiary/aromatic N) is 5. The number of piperidine rings is 2. The summed E-state index contributed by atoms with van der Waals surface area (Å²) in [5.74, 6) is 0.196. The van der Waals surface area contributed by atoms with Gasteiger partial charge in [-0.3, -0.25) is 4.79 Å². The second-order valence-electron chi connectivity index (χ2n) is 12.0. The number of hydrogen-bond acceptors (Lipinski definition) is 6. The van der Waals surface area contributed by atoms with Gasteiger partial charge in [0.05, 0.1) is 28.9 Å². The molecule has 6 rings (SSSR count). The van der Waals surface area contributed by atoms with Gasteiger partial charge in [0.1, 0.15) is 0 Å². The number of fused-ring (bicyclic) bond motifs is 1. The zero-order valence-electron chi connectivity index (χ0n) is 25.1. The van der Waals surface area contributed by atoms with E-state index < -0.39 is 20.0 Å². The van der Waals surface area contributed by atoms with Crippen LogP contribution >= 0.6 is 0 Å². The number of benzene rings is 2. The van der Waals surface area contributed by atoms with Gasteiger partial charge in [-0.2, -0.15) is 4.31 Å². The number of aromatic nitrogens is 1. The number of amides is 1. The van der Waals surface area contributed by atoms with Crippen molar-refractivity contribution in [2.24, 2.45) is 0 Å². The molecule has 0 saturated carbocycles. The van der Waals surface area contributed by atoms with Crippen molar-refractivity contribution in [1.82, 2.24) is 13.2 Å². The molecule has 2 saturated heterocycles. The minimum Gasteiger partial charge on any atom is -0.369 e. The molecule has 3 aliphatic rings. The Labute approximate surface area is 259 Å². The van der Waals surface area contributed by atoms with Gasteiger partial charge in [-0.25, -0.2) is 25.7 Å². The maximum Gasteiger partial charge on any atom is 0.267 e. The Morgan fingerprint density at radius 3 is 2.36 bits per heavy atom. The first kappa shape index (κ1) is 30.4. The molecule has 232 valence electrons. The predicted octanol–water partition coefficient (Wildman–Crippen LogP) is 4.77. The first-order chi connectivity index (χ1) is 21.0. The SMILES string of the molecule is [C-]#[N+]c1ccc(N2CCC[C@@H](N3CCCCC3=O)C2)c2cc(C3=CCN(S(C)(=O)=O)CC3)n(S(=O)(=O)c3ccc(C)cc3)c12. The number of carbonyl (C=O) groups excluding carboxylic acids is 1. The van der Waals surface area contributed by atoms with Crippen LogP contribution in [0.4, 0.5) is 11.4 Å². The highest BCUT2D eigenvalue weighted by Crippen LogP contribution is 2.42. The molecule has 0 radical (unpaired) electrons. The Kier molecular flexibility index (Phi) is 8.07. The maximum absolute atomic E-state index is 14.4. The largest absolute Gasteiger partial charge is 0.369 e. The summed E-state index contributed by atoms with van der Waals surface area (Å²) in [5.41, 5.74) is 3.44. The molecule has 2 aromatic carbocycles. The number of hydrogen-bond donors (Lipinski definition) is 0. The maximum atomic E-state index is 14.4. The van der Waals surface area contributed by atoms with Gasteiger partial charge < -0.3 is 9.80 Å². The van der Waals surface area contributed by atoms with Crippen molar-refractivity contribution < 1.29 is 21.6 Å². The Morgan fingerprint density at radius 2 is 1.70 bits per heavy atom. The lowest BCUT2D eigenvalue weighted by molar-refractivity contribution is -0.135. The molecule has 1 aromatic heterocycles. The molecule has 0 unspecified atom stereocenters. The third-order valence-corrected chi connectivity index (χ3v) is 12.1. The molecule has 44 heavy (non-hydrogen) atoms. The van der Waals surface area contributed by atoms with Gasteiger partial charge in [-0.05, 0) is 68.9 Å². The first-order valence-corrected chi connectivity index (χ1v) is 18.3. The van der Waals surface area contributed by atoms with Crippen LogP contribution < -0.4 is 4.90 Å². The fourth-order valence-electron chi connectivity index (χ4n) is 6.74. The van der Waals surface area contributed by atoms with Crippen LogP contribution in [0.15, 0.2) is 53.4 Å². The molecule has 4 heterocycles. The summed E-state index contributed by atoms with van der Waals surface area (Å²) >= 11 is 0. The Morgan fingerprint density at radius 1 is 0.932 bits per heavy atom. The lowest BCUT2D eigenvalue weighted by atomic mass is 9.99. The van der Waals surface area contributed by atoms with Gasteiger partial charge in [-0.15, -0.1) is 0 Å². The van der Waals surface area contributed by atoms with Crippen LogP contribution in [0.3, 0.4) is 0 Å².